The van der Waals surface area contributed by atoms with Crippen LogP contribution in [0.5, 0.6) is 5.75 Å². The second-order valence-electron chi connectivity index (χ2n) is 4.50. The van der Waals surface area contributed by atoms with Crippen molar-refractivity contribution in [2.45, 2.75) is 19.8 Å². The first-order chi connectivity index (χ1) is 9.72. The summed E-state index contributed by atoms with van der Waals surface area (Å²) in [5.41, 5.74) is 2.34. The van der Waals surface area contributed by atoms with Crippen LogP contribution in [-0.2, 0) is 12.8 Å². The van der Waals surface area contributed by atoms with Gasteiger partial charge in [0.15, 0.2) is 0 Å². The number of carboxylic acids is 1. The van der Waals surface area contributed by atoms with E-state index in [9.17, 15) is 9.90 Å². The van der Waals surface area contributed by atoms with Gasteiger partial charge in [-0.1, -0.05) is 36.4 Å². The average molecular weight is 270 g/mol. The van der Waals surface area contributed by atoms with E-state index in [2.05, 4.69) is 0 Å². The maximum Gasteiger partial charge on any atom is 0.335 e. The number of benzene rings is 2. The average Bonchev–Trinajstić information content (AvgIpc) is 2.47. The summed E-state index contributed by atoms with van der Waals surface area (Å²) in [5.74, 6) is 0.00139. The Hall–Kier alpha value is -2.29. The third-order valence-corrected chi connectivity index (χ3v) is 3.18. The van der Waals surface area contributed by atoms with Crippen molar-refractivity contribution < 1.29 is 14.6 Å². The lowest BCUT2D eigenvalue weighted by atomic mass is 9.99. The van der Waals surface area contributed by atoms with Gasteiger partial charge in [-0.15, -0.1) is 0 Å². The lowest BCUT2D eigenvalue weighted by molar-refractivity contribution is 0.0695. The Balaban J connectivity index is 2.15. The molecule has 0 radical (unpaired) electrons. The zero-order valence-electron chi connectivity index (χ0n) is 11.5. The number of rotatable bonds is 6. The molecule has 0 aliphatic rings. The number of carboxylic acid groups (broad SMARTS) is 1. The van der Waals surface area contributed by atoms with E-state index in [0.717, 1.165) is 23.3 Å². The second kappa shape index (κ2) is 6.75. The molecule has 0 spiro atoms. The third kappa shape index (κ3) is 3.38. The van der Waals surface area contributed by atoms with Crippen LogP contribution >= 0.6 is 0 Å². The highest BCUT2D eigenvalue weighted by Gasteiger charge is 2.10. The van der Waals surface area contributed by atoms with Crippen molar-refractivity contribution in [1.82, 2.24) is 0 Å². The summed E-state index contributed by atoms with van der Waals surface area (Å²) in [6.07, 6.45) is 1.45. The predicted octanol–water partition coefficient (Wildman–Crippen LogP) is 3.57. The van der Waals surface area contributed by atoms with Gasteiger partial charge in [0.1, 0.15) is 5.75 Å². The molecule has 20 heavy (non-hydrogen) atoms. The summed E-state index contributed by atoms with van der Waals surface area (Å²) in [4.78, 5) is 11.2. The molecule has 0 saturated carbocycles. The molecule has 0 aliphatic heterocycles. The highest BCUT2D eigenvalue weighted by Crippen LogP contribution is 2.21. The monoisotopic (exact) mass is 270 g/mol. The molecule has 0 heterocycles. The molecule has 0 unspecified atom stereocenters. The third-order valence-electron chi connectivity index (χ3n) is 3.18. The van der Waals surface area contributed by atoms with Crippen molar-refractivity contribution in [2.24, 2.45) is 0 Å². The zero-order valence-corrected chi connectivity index (χ0v) is 11.5. The van der Waals surface area contributed by atoms with Gasteiger partial charge in [0.25, 0.3) is 0 Å². The van der Waals surface area contributed by atoms with E-state index >= 15 is 0 Å². The molecule has 2 aromatic carbocycles. The summed E-state index contributed by atoms with van der Waals surface area (Å²) in [6.45, 7) is 2.58. The van der Waals surface area contributed by atoms with E-state index in [1.165, 1.54) is 0 Å². The van der Waals surface area contributed by atoms with Gasteiger partial charge in [0.2, 0.25) is 0 Å². The fraction of sp³-hybridized carbons (Fsp3) is 0.235. The number of hydrogen-bond acceptors (Lipinski definition) is 2. The fourth-order valence-corrected chi connectivity index (χ4v) is 2.22. The normalized spacial score (nSPS) is 10.2. The second-order valence-corrected chi connectivity index (χ2v) is 4.50. The Morgan fingerprint density at radius 2 is 1.60 bits per heavy atom. The van der Waals surface area contributed by atoms with E-state index in [1.54, 1.807) is 12.1 Å². The van der Waals surface area contributed by atoms with Crippen molar-refractivity contribution >= 4 is 5.97 Å². The molecule has 2 aromatic rings. The summed E-state index contributed by atoms with van der Waals surface area (Å²) >= 11 is 0. The van der Waals surface area contributed by atoms with Gasteiger partial charge in [-0.3, -0.25) is 0 Å². The molecule has 0 saturated heterocycles. The van der Waals surface area contributed by atoms with Crippen LogP contribution < -0.4 is 4.74 Å². The first-order valence-electron chi connectivity index (χ1n) is 6.74. The zero-order chi connectivity index (χ0) is 14.4. The molecular formula is C17H18O3. The molecule has 0 aromatic heterocycles. The molecule has 0 atom stereocenters. The first kappa shape index (κ1) is 14.1. The minimum atomic E-state index is -0.876. The quantitative estimate of drug-likeness (QED) is 0.872. The molecule has 0 fully saturated rings. The van der Waals surface area contributed by atoms with E-state index in [4.69, 9.17) is 4.74 Å². The Bertz CT molecular complexity index is 590. The topological polar surface area (TPSA) is 46.5 Å². The standard InChI is InChI=1S/C17H18O3/c1-2-20-16-10-6-4-8-14(16)12-11-13-7-3-5-9-15(13)17(18)19/h3-10H,2,11-12H2,1H3,(H,18,19). The Kier molecular flexibility index (Phi) is 4.77. The van der Waals surface area contributed by atoms with Crippen LogP contribution in [0.4, 0.5) is 0 Å². The van der Waals surface area contributed by atoms with Crippen LogP contribution in [0.15, 0.2) is 48.5 Å². The van der Waals surface area contributed by atoms with Crippen LogP contribution in [0.25, 0.3) is 0 Å². The Morgan fingerprint density at radius 3 is 2.30 bits per heavy atom. The van der Waals surface area contributed by atoms with Crippen LogP contribution in [0.2, 0.25) is 0 Å². The maximum atomic E-state index is 11.2. The van der Waals surface area contributed by atoms with Crippen molar-refractivity contribution in [1.29, 1.82) is 0 Å². The smallest absolute Gasteiger partial charge is 0.335 e. The van der Waals surface area contributed by atoms with Gasteiger partial charge in [-0.2, -0.15) is 0 Å². The molecule has 1 N–H and O–H groups in total. The molecule has 0 bridgehead atoms. The highest BCUT2D eigenvalue weighted by atomic mass is 16.5. The number of ether oxygens (including phenoxy) is 1. The minimum absolute atomic E-state index is 0.376. The van der Waals surface area contributed by atoms with E-state index < -0.39 is 5.97 Å². The summed E-state index contributed by atoms with van der Waals surface area (Å²) < 4.78 is 5.59. The first-order valence-corrected chi connectivity index (χ1v) is 6.74. The number of carbonyl (C=O) groups is 1. The van der Waals surface area contributed by atoms with Crippen LogP contribution in [0.3, 0.4) is 0 Å². The minimum Gasteiger partial charge on any atom is -0.494 e. The SMILES string of the molecule is CCOc1ccccc1CCc1ccccc1C(=O)O. The molecule has 3 heteroatoms. The summed E-state index contributed by atoms with van der Waals surface area (Å²) in [6, 6.07) is 15.0. The van der Waals surface area contributed by atoms with Gasteiger partial charge < -0.3 is 9.84 Å². The molecule has 3 nitrogen and oxygen atoms in total. The van der Waals surface area contributed by atoms with E-state index in [0.29, 0.717) is 18.6 Å². The lowest BCUT2D eigenvalue weighted by Gasteiger charge is -2.10. The molecule has 0 aliphatic carbocycles. The largest absolute Gasteiger partial charge is 0.494 e. The predicted molar refractivity (Wildman–Crippen MR) is 78.4 cm³/mol. The Morgan fingerprint density at radius 1 is 1.00 bits per heavy atom. The highest BCUT2D eigenvalue weighted by molar-refractivity contribution is 5.89. The number of aryl methyl sites for hydroxylation is 2. The maximum absolute atomic E-state index is 11.2. The van der Waals surface area contributed by atoms with Gasteiger partial charge in [0, 0.05) is 0 Å². The lowest BCUT2D eigenvalue weighted by Crippen LogP contribution is -2.04. The summed E-state index contributed by atoms with van der Waals surface area (Å²) in [5, 5.41) is 9.18. The van der Waals surface area contributed by atoms with Gasteiger partial charge >= 0.3 is 5.97 Å². The van der Waals surface area contributed by atoms with E-state index in [1.807, 2.05) is 43.3 Å². The summed E-state index contributed by atoms with van der Waals surface area (Å²) in [7, 11) is 0. The Labute approximate surface area is 118 Å². The van der Waals surface area contributed by atoms with Crippen LogP contribution in [0, 0.1) is 0 Å². The number of hydrogen-bond donors (Lipinski definition) is 1. The molecule has 0 amide bonds. The van der Waals surface area contributed by atoms with Crippen molar-refractivity contribution in [3.05, 3.63) is 65.2 Å². The number of para-hydroxylation sites is 1. The van der Waals surface area contributed by atoms with Crippen molar-refractivity contribution in [2.75, 3.05) is 6.61 Å². The molecule has 2 rings (SSSR count). The van der Waals surface area contributed by atoms with Crippen LogP contribution in [-0.4, -0.2) is 17.7 Å². The fourth-order valence-electron chi connectivity index (χ4n) is 2.22. The van der Waals surface area contributed by atoms with Crippen molar-refractivity contribution in [3.8, 4) is 5.75 Å². The van der Waals surface area contributed by atoms with Gasteiger partial charge in [-0.25, -0.2) is 4.79 Å². The van der Waals surface area contributed by atoms with Gasteiger partial charge in [0.05, 0.1) is 12.2 Å². The van der Waals surface area contributed by atoms with Crippen molar-refractivity contribution in [3.63, 3.8) is 0 Å². The number of aromatic carboxylic acids is 1. The van der Waals surface area contributed by atoms with Gasteiger partial charge in [-0.05, 0) is 43.0 Å². The van der Waals surface area contributed by atoms with Crippen LogP contribution in [0.1, 0.15) is 28.4 Å². The molecule has 104 valence electrons. The van der Waals surface area contributed by atoms with E-state index in [-0.39, 0.29) is 0 Å². The molecular weight excluding hydrogens is 252 g/mol.